The van der Waals surface area contributed by atoms with E-state index in [1.807, 2.05) is 43.3 Å². The van der Waals surface area contributed by atoms with Gasteiger partial charge in [-0.15, -0.1) is 11.3 Å². The molecule has 0 spiro atoms. The third-order valence-corrected chi connectivity index (χ3v) is 7.53. The van der Waals surface area contributed by atoms with Crippen molar-refractivity contribution < 1.29 is 14.1 Å². The van der Waals surface area contributed by atoms with Crippen LogP contribution in [-0.2, 0) is 11.3 Å². The van der Waals surface area contributed by atoms with E-state index in [0.717, 1.165) is 49.1 Å². The number of methoxy groups -OCH3 is 1. The lowest BCUT2D eigenvalue weighted by atomic mass is 9.98. The van der Waals surface area contributed by atoms with Crippen molar-refractivity contribution in [3.63, 3.8) is 0 Å². The molecule has 0 amide bonds. The SMILES string of the molecule is CCSc1nc2c(C)sc(C(=O)OC)c2n1Cc1ccc(-c2ccccc2-c2noc(=O)[nH]2)cc1. The number of thiophene rings is 1. The average molecular weight is 507 g/mol. The predicted molar refractivity (Wildman–Crippen MR) is 137 cm³/mol. The Labute approximate surface area is 208 Å². The number of carbonyl (C=O) groups is 1. The molecule has 35 heavy (non-hydrogen) atoms. The van der Waals surface area contributed by atoms with Crippen molar-refractivity contribution in [1.29, 1.82) is 0 Å². The van der Waals surface area contributed by atoms with Crippen LogP contribution in [0.5, 0.6) is 0 Å². The topological polar surface area (TPSA) is 103 Å². The molecule has 0 bridgehead atoms. The van der Waals surface area contributed by atoms with Crippen molar-refractivity contribution in [2.45, 2.75) is 25.5 Å². The van der Waals surface area contributed by atoms with E-state index in [-0.39, 0.29) is 5.97 Å². The molecule has 3 heterocycles. The Kier molecular flexibility index (Phi) is 6.31. The first-order valence-electron chi connectivity index (χ1n) is 11.0. The minimum absolute atomic E-state index is 0.347. The number of ether oxygens (including phenoxy) is 1. The molecule has 1 N–H and O–H groups in total. The van der Waals surface area contributed by atoms with Crippen LogP contribution in [0.25, 0.3) is 33.5 Å². The maximum Gasteiger partial charge on any atom is 0.439 e. The molecule has 0 aliphatic rings. The molecule has 178 valence electrons. The number of fused-ring (bicyclic) bond motifs is 1. The van der Waals surface area contributed by atoms with Gasteiger partial charge in [0.05, 0.1) is 19.2 Å². The van der Waals surface area contributed by atoms with Crippen molar-refractivity contribution in [3.05, 3.63) is 74.4 Å². The normalized spacial score (nSPS) is 11.3. The molecule has 0 aliphatic carbocycles. The average Bonchev–Trinajstić information content (AvgIpc) is 3.55. The molecule has 5 rings (SSSR count). The summed E-state index contributed by atoms with van der Waals surface area (Å²) in [4.78, 5) is 32.9. The third-order valence-electron chi connectivity index (χ3n) is 5.61. The van der Waals surface area contributed by atoms with E-state index in [4.69, 9.17) is 9.72 Å². The number of aromatic amines is 1. The van der Waals surface area contributed by atoms with Crippen LogP contribution in [0, 0.1) is 6.92 Å². The second-order valence-electron chi connectivity index (χ2n) is 7.78. The van der Waals surface area contributed by atoms with Gasteiger partial charge in [-0.1, -0.05) is 72.4 Å². The monoisotopic (exact) mass is 506 g/mol. The molecular formula is C25H22N4O4S2. The summed E-state index contributed by atoms with van der Waals surface area (Å²) in [6.45, 7) is 4.63. The van der Waals surface area contributed by atoms with Gasteiger partial charge < -0.3 is 9.30 Å². The number of imidazole rings is 1. The fourth-order valence-corrected chi connectivity index (χ4v) is 5.78. The zero-order valence-electron chi connectivity index (χ0n) is 19.3. The Bertz CT molecular complexity index is 1580. The maximum atomic E-state index is 12.5. The van der Waals surface area contributed by atoms with Gasteiger partial charge >= 0.3 is 11.7 Å². The molecule has 10 heteroatoms. The van der Waals surface area contributed by atoms with Crippen molar-refractivity contribution in [3.8, 4) is 22.5 Å². The molecule has 0 atom stereocenters. The number of rotatable bonds is 7. The molecule has 2 aromatic carbocycles. The Morgan fingerprint density at radius 2 is 1.91 bits per heavy atom. The highest BCUT2D eigenvalue weighted by molar-refractivity contribution is 7.99. The third kappa shape index (κ3) is 4.30. The molecular weight excluding hydrogens is 484 g/mol. The fourth-order valence-electron chi connectivity index (χ4n) is 4.03. The van der Waals surface area contributed by atoms with Crippen molar-refractivity contribution in [2.75, 3.05) is 12.9 Å². The summed E-state index contributed by atoms with van der Waals surface area (Å²) in [5.41, 5.74) is 5.42. The number of esters is 1. The summed E-state index contributed by atoms with van der Waals surface area (Å²) >= 11 is 3.06. The lowest BCUT2D eigenvalue weighted by molar-refractivity contribution is 0.0608. The largest absolute Gasteiger partial charge is 0.465 e. The van der Waals surface area contributed by atoms with Crippen molar-refractivity contribution in [2.24, 2.45) is 0 Å². The van der Waals surface area contributed by atoms with Gasteiger partial charge in [0.15, 0.2) is 11.0 Å². The van der Waals surface area contributed by atoms with E-state index in [1.165, 1.54) is 18.4 Å². The lowest BCUT2D eigenvalue weighted by Gasteiger charge is -2.11. The highest BCUT2D eigenvalue weighted by Gasteiger charge is 2.24. The number of nitrogens with zero attached hydrogens (tertiary/aromatic N) is 3. The zero-order chi connectivity index (χ0) is 24.5. The minimum Gasteiger partial charge on any atom is -0.465 e. The van der Waals surface area contributed by atoms with E-state index in [9.17, 15) is 9.59 Å². The first kappa shape index (κ1) is 23.1. The number of H-pyrrole nitrogens is 1. The van der Waals surface area contributed by atoms with E-state index in [2.05, 4.69) is 38.3 Å². The van der Waals surface area contributed by atoms with Crippen LogP contribution in [0.4, 0.5) is 0 Å². The number of thioether (sulfide) groups is 1. The highest BCUT2D eigenvalue weighted by atomic mass is 32.2. The number of carbonyl (C=O) groups excluding carboxylic acids is 1. The van der Waals surface area contributed by atoms with E-state index in [1.54, 1.807) is 11.8 Å². The van der Waals surface area contributed by atoms with Crippen LogP contribution in [0.3, 0.4) is 0 Å². The number of hydrogen-bond donors (Lipinski definition) is 1. The molecule has 0 aliphatic heterocycles. The molecule has 5 aromatic rings. The van der Waals surface area contributed by atoms with Crippen LogP contribution in [0.2, 0.25) is 0 Å². The molecule has 0 fully saturated rings. The van der Waals surface area contributed by atoms with Crippen LogP contribution in [0.15, 0.2) is 63.0 Å². The maximum absolute atomic E-state index is 12.5. The van der Waals surface area contributed by atoms with Crippen molar-refractivity contribution >= 4 is 40.1 Å². The summed E-state index contributed by atoms with van der Waals surface area (Å²) < 4.78 is 11.8. The van der Waals surface area contributed by atoms with Gasteiger partial charge in [0.2, 0.25) is 0 Å². The van der Waals surface area contributed by atoms with Gasteiger partial charge in [0.25, 0.3) is 0 Å². The summed E-state index contributed by atoms with van der Waals surface area (Å²) in [6, 6.07) is 15.9. The second kappa shape index (κ2) is 9.55. The predicted octanol–water partition coefficient (Wildman–Crippen LogP) is 5.36. The smallest absolute Gasteiger partial charge is 0.439 e. The van der Waals surface area contributed by atoms with Crippen LogP contribution >= 0.6 is 23.1 Å². The van der Waals surface area contributed by atoms with Gasteiger partial charge in [-0.3, -0.25) is 9.51 Å². The highest BCUT2D eigenvalue weighted by Crippen LogP contribution is 2.36. The zero-order valence-corrected chi connectivity index (χ0v) is 21.0. The van der Waals surface area contributed by atoms with E-state index in [0.29, 0.717) is 17.2 Å². The summed E-state index contributed by atoms with van der Waals surface area (Å²) in [5, 5.41) is 4.71. The van der Waals surface area contributed by atoms with Crippen molar-refractivity contribution in [1.82, 2.24) is 19.7 Å². The Morgan fingerprint density at radius 3 is 2.57 bits per heavy atom. The number of hydrogen-bond acceptors (Lipinski definition) is 8. The first-order valence-corrected chi connectivity index (χ1v) is 12.8. The van der Waals surface area contributed by atoms with E-state index >= 15 is 0 Å². The summed E-state index contributed by atoms with van der Waals surface area (Å²) in [6.07, 6.45) is 0. The number of aryl methyl sites for hydroxylation is 1. The summed E-state index contributed by atoms with van der Waals surface area (Å²) in [7, 11) is 1.40. The second-order valence-corrected chi connectivity index (χ2v) is 10.2. The first-order chi connectivity index (χ1) is 17.0. The number of aromatic nitrogens is 4. The minimum atomic E-state index is -0.590. The van der Waals surface area contributed by atoms with Gasteiger partial charge in [0.1, 0.15) is 10.4 Å². The van der Waals surface area contributed by atoms with Gasteiger partial charge in [-0.05, 0) is 29.4 Å². The Morgan fingerprint density at radius 1 is 1.17 bits per heavy atom. The standard InChI is InChI=1S/C25H22N4O4S2/c1-4-34-24-26-19-14(2)35-21(23(30)32-3)20(19)29(24)13-15-9-11-16(12-10-15)17-7-5-6-8-18(17)22-27-25(31)33-28-22/h5-12H,4,13H2,1-3H3,(H,27,28,31). The lowest BCUT2D eigenvalue weighted by Crippen LogP contribution is -2.06. The Hall–Kier alpha value is -3.63. The molecule has 0 saturated heterocycles. The van der Waals surface area contributed by atoms with Crippen LogP contribution < -0.4 is 5.76 Å². The van der Waals surface area contributed by atoms with Gasteiger partial charge in [-0.2, -0.15) is 0 Å². The molecule has 0 radical (unpaired) electrons. The Balaban J connectivity index is 1.53. The number of benzene rings is 2. The summed E-state index contributed by atoms with van der Waals surface area (Å²) in [5.74, 6) is 0.322. The van der Waals surface area contributed by atoms with E-state index < -0.39 is 5.76 Å². The van der Waals surface area contributed by atoms with Gasteiger partial charge in [-0.25, -0.2) is 14.6 Å². The fraction of sp³-hybridized carbons (Fsp3) is 0.200. The van der Waals surface area contributed by atoms with Crippen LogP contribution in [-0.4, -0.2) is 38.5 Å². The molecule has 3 aromatic heterocycles. The molecule has 0 saturated carbocycles. The molecule has 8 nitrogen and oxygen atoms in total. The number of nitrogens with one attached hydrogen (secondary N) is 1. The van der Waals surface area contributed by atoms with Crippen LogP contribution in [0.1, 0.15) is 27.0 Å². The van der Waals surface area contributed by atoms with Gasteiger partial charge in [0, 0.05) is 10.4 Å². The quantitative estimate of drug-likeness (QED) is 0.234. The molecule has 0 unspecified atom stereocenters.